The van der Waals surface area contributed by atoms with Crippen LogP contribution in [-0.4, -0.2) is 58.0 Å². The quantitative estimate of drug-likeness (QED) is 0.554. The third-order valence-electron chi connectivity index (χ3n) is 5.66. The first-order valence-corrected chi connectivity index (χ1v) is 11.1. The molecule has 8 nitrogen and oxygen atoms in total. The van der Waals surface area contributed by atoms with Crippen molar-refractivity contribution in [2.45, 2.75) is 32.5 Å². The molecule has 172 valence electrons. The third kappa shape index (κ3) is 5.98. The van der Waals surface area contributed by atoms with Crippen LogP contribution < -0.4 is 10.1 Å². The van der Waals surface area contributed by atoms with Crippen molar-refractivity contribution in [1.29, 1.82) is 0 Å². The van der Waals surface area contributed by atoms with E-state index in [2.05, 4.69) is 20.4 Å². The average molecular weight is 448 g/mol. The highest BCUT2D eigenvalue weighted by atomic mass is 16.5. The van der Waals surface area contributed by atoms with Gasteiger partial charge in [-0.2, -0.15) is 5.10 Å². The van der Waals surface area contributed by atoms with Gasteiger partial charge >= 0.3 is 0 Å². The van der Waals surface area contributed by atoms with Gasteiger partial charge in [0.05, 0.1) is 24.7 Å². The summed E-state index contributed by atoms with van der Waals surface area (Å²) in [5.74, 6) is 1.30. The van der Waals surface area contributed by atoms with Crippen LogP contribution in [0.4, 0.5) is 0 Å². The first kappa shape index (κ1) is 22.5. The monoisotopic (exact) mass is 447 g/mol. The number of carbonyl (C=O) groups excluding carboxylic acids is 2. The van der Waals surface area contributed by atoms with Crippen molar-refractivity contribution in [1.82, 2.24) is 25.3 Å². The van der Waals surface area contributed by atoms with Gasteiger partial charge in [-0.3, -0.25) is 19.6 Å². The molecule has 0 spiro atoms. The van der Waals surface area contributed by atoms with Crippen LogP contribution in [0.15, 0.2) is 60.7 Å². The number of aryl methyl sites for hydroxylation is 1. The van der Waals surface area contributed by atoms with Crippen molar-refractivity contribution >= 4 is 11.8 Å². The summed E-state index contributed by atoms with van der Waals surface area (Å²) in [5, 5.41) is 9.97. The van der Waals surface area contributed by atoms with Crippen molar-refractivity contribution in [3.8, 4) is 11.5 Å². The first-order valence-electron chi connectivity index (χ1n) is 11.1. The molecule has 1 aliphatic rings. The molecule has 2 heterocycles. The maximum atomic E-state index is 12.9. The summed E-state index contributed by atoms with van der Waals surface area (Å²) in [6, 6.07) is 18.8. The van der Waals surface area contributed by atoms with Crippen molar-refractivity contribution in [2.75, 3.05) is 20.1 Å². The van der Waals surface area contributed by atoms with Crippen LogP contribution in [0.3, 0.4) is 0 Å². The van der Waals surface area contributed by atoms with Crippen LogP contribution in [0.5, 0.6) is 11.5 Å². The summed E-state index contributed by atoms with van der Waals surface area (Å²) in [5.41, 5.74) is 2.77. The molecule has 4 rings (SSSR count). The van der Waals surface area contributed by atoms with Gasteiger partial charge in [-0.15, -0.1) is 0 Å². The number of nitrogens with one attached hydrogen (secondary N) is 2. The Kier molecular flexibility index (Phi) is 7.04. The Morgan fingerprint density at radius 1 is 1.15 bits per heavy atom. The molecule has 1 aromatic heterocycles. The number of piperazine rings is 1. The second kappa shape index (κ2) is 10.3. The second-order valence-corrected chi connectivity index (χ2v) is 8.34. The summed E-state index contributed by atoms with van der Waals surface area (Å²) in [4.78, 5) is 29.2. The molecule has 1 saturated heterocycles. The molecule has 0 radical (unpaired) electrons. The normalized spacial score (nSPS) is 16.3. The molecule has 2 N–H and O–H groups in total. The Morgan fingerprint density at radius 2 is 1.94 bits per heavy atom. The lowest BCUT2D eigenvalue weighted by Gasteiger charge is -2.35. The van der Waals surface area contributed by atoms with Crippen molar-refractivity contribution in [3.63, 3.8) is 0 Å². The lowest BCUT2D eigenvalue weighted by Crippen LogP contribution is -2.56. The van der Waals surface area contributed by atoms with E-state index in [0.29, 0.717) is 26.2 Å². The first-order chi connectivity index (χ1) is 16.0. The number of hydrogen-bond donors (Lipinski definition) is 2. The van der Waals surface area contributed by atoms with Crippen molar-refractivity contribution < 1.29 is 14.3 Å². The molecule has 0 saturated carbocycles. The molecule has 3 aromatic rings. The van der Waals surface area contributed by atoms with Gasteiger partial charge in [0.2, 0.25) is 11.8 Å². The zero-order chi connectivity index (χ0) is 23.2. The fourth-order valence-corrected chi connectivity index (χ4v) is 3.95. The molecule has 1 unspecified atom stereocenters. The topological polar surface area (TPSA) is 90.6 Å². The number of ether oxygens (including phenoxy) is 1. The van der Waals surface area contributed by atoms with Crippen LogP contribution >= 0.6 is 0 Å². The molecule has 0 bridgehead atoms. The lowest BCUT2D eigenvalue weighted by atomic mass is 10.1. The average Bonchev–Trinajstić information content (AvgIpc) is 3.21. The molecular formula is C25H29N5O3. The van der Waals surface area contributed by atoms with Crippen LogP contribution in [0.25, 0.3) is 0 Å². The molecular weight excluding hydrogens is 418 g/mol. The predicted molar refractivity (Wildman–Crippen MR) is 125 cm³/mol. The third-order valence-corrected chi connectivity index (χ3v) is 5.66. The maximum absolute atomic E-state index is 12.9. The Bertz CT molecular complexity index is 1100. The summed E-state index contributed by atoms with van der Waals surface area (Å²) >= 11 is 0. The van der Waals surface area contributed by atoms with Gasteiger partial charge in [-0.05, 0) is 42.8 Å². The number of carbonyl (C=O) groups is 2. The maximum Gasteiger partial charge on any atom is 0.237 e. The van der Waals surface area contributed by atoms with Crippen molar-refractivity contribution in [3.05, 3.63) is 77.6 Å². The van der Waals surface area contributed by atoms with Crippen LogP contribution in [0, 0.1) is 6.92 Å². The highest BCUT2D eigenvalue weighted by Gasteiger charge is 2.32. The van der Waals surface area contributed by atoms with Gasteiger partial charge in [0, 0.05) is 32.4 Å². The second-order valence-electron chi connectivity index (χ2n) is 8.34. The van der Waals surface area contributed by atoms with Crippen LogP contribution in [0.2, 0.25) is 0 Å². The van der Waals surface area contributed by atoms with Gasteiger partial charge < -0.3 is 15.0 Å². The van der Waals surface area contributed by atoms with Crippen LogP contribution in [0.1, 0.15) is 23.4 Å². The summed E-state index contributed by atoms with van der Waals surface area (Å²) < 4.78 is 5.94. The highest BCUT2D eigenvalue weighted by molar-refractivity contribution is 5.88. The minimum Gasteiger partial charge on any atom is -0.457 e. The molecule has 33 heavy (non-hydrogen) atoms. The Morgan fingerprint density at radius 3 is 2.70 bits per heavy atom. The summed E-state index contributed by atoms with van der Waals surface area (Å²) in [6.07, 6.45) is 0.117. The molecule has 8 heteroatoms. The van der Waals surface area contributed by atoms with E-state index in [4.69, 9.17) is 4.74 Å². The number of amides is 2. The minimum absolute atomic E-state index is 0.0936. The largest absolute Gasteiger partial charge is 0.457 e. The number of rotatable bonds is 8. The van der Waals surface area contributed by atoms with Crippen LogP contribution in [-0.2, 0) is 22.7 Å². The Balaban J connectivity index is 1.41. The van der Waals surface area contributed by atoms with Gasteiger partial charge in [-0.25, -0.2) is 0 Å². The number of H-pyrrole nitrogens is 1. The zero-order valence-corrected chi connectivity index (χ0v) is 19.0. The molecule has 2 aromatic carbocycles. The fraction of sp³-hybridized carbons (Fsp3) is 0.320. The molecule has 1 fully saturated rings. The van der Waals surface area contributed by atoms with Gasteiger partial charge in [-0.1, -0.05) is 30.3 Å². The summed E-state index contributed by atoms with van der Waals surface area (Å²) in [7, 11) is 1.74. The number of benzene rings is 2. The fourth-order valence-electron chi connectivity index (χ4n) is 3.95. The Hall–Kier alpha value is -3.65. The highest BCUT2D eigenvalue weighted by Crippen LogP contribution is 2.23. The molecule has 0 aliphatic carbocycles. The smallest absolute Gasteiger partial charge is 0.237 e. The summed E-state index contributed by atoms with van der Waals surface area (Å²) in [6.45, 7) is 4.11. The van der Waals surface area contributed by atoms with E-state index >= 15 is 0 Å². The SMILES string of the molecule is Cc1cc(CN(C)C(=O)CC2C(=O)NCCN2Cc2cccc(Oc3ccccc3)c2)n[nH]1. The number of para-hydroxylation sites is 1. The standard InChI is InChI=1S/C25H29N5O3/c1-18-13-20(28-27-18)17-29(2)24(31)15-23-25(32)26-11-12-30(23)16-19-7-6-10-22(14-19)33-21-8-4-3-5-9-21/h3-10,13-14,23H,11-12,15-17H2,1-2H3,(H,26,32)(H,27,28). The lowest BCUT2D eigenvalue weighted by molar-refractivity contribution is -0.138. The van der Waals surface area contributed by atoms with Crippen molar-refractivity contribution in [2.24, 2.45) is 0 Å². The zero-order valence-electron chi connectivity index (χ0n) is 19.0. The van der Waals surface area contributed by atoms with Gasteiger partial charge in [0.15, 0.2) is 0 Å². The Labute approximate surface area is 193 Å². The van der Waals surface area contributed by atoms with E-state index in [9.17, 15) is 9.59 Å². The number of nitrogens with zero attached hydrogens (tertiary/aromatic N) is 3. The molecule has 2 amide bonds. The van der Waals surface area contributed by atoms with E-state index in [0.717, 1.165) is 28.5 Å². The van der Waals surface area contributed by atoms with E-state index in [1.54, 1.807) is 11.9 Å². The van der Waals surface area contributed by atoms with E-state index in [-0.39, 0.29) is 18.2 Å². The van der Waals surface area contributed by atoms with Gasteiger partial charge in [0.25, 0.3) is 0 Å². The number of hydrogen-bond acceptors (Lipinski definition) is 5. The molecule has 1 aliphatic heterocycles. The van der Waals surface area contributed by atoms with E-state index in [1.807, 2.05) is 67.6 Å². The predicted octanol–water partition coefficient (Wildman–Crippen LogP) is 2.86. The number of aromatic nitrogens is 2. The van der Waals surface area contributed by atoms with Gasteiger partial charge in [0.1, 0.15) is 11.5 Å². The molecule has 1 atom stereocenters. The van der Waals surface area contributed by atoms with E-state index < -0.39 is 6.04 Å². The number of aromatic amines is 1. The minimum atomic E-state index is -0.520. The van der Waals surface area contributed by atoms with E-state index in [1.165, 1.54) is 0 Å².